The molecule has 0 atom stereocenters. The fourth-order valence-electron chi connectivity index (χ4n) is 2.21. The molecule has 1 aromatic carbocycles. The summed E-state index contributed by atoms with van der Waals surface area (Å²) in [6, 6.07) is 6.34. The number of rotatable bonds is 6. The summed E-state index contributed by atoms with van der Waals surface area (Å²) in [6.45, 7) is 10.5. The molecule has 0 bridgehead atoms. The highest BCUT2D eigenvalue weighted by atomic mass is 16.1. The van der Waals surface area contributed by atoms with Gasteiger partial charge in [-0.2, -0.15) is 0 Å². The van der Waals surface area contributed by atoms with Crippen LogP contribution in [0.3, 0.4) is 0 Å². The highest BCUT2D eigenvalue weighted by molar-refractivity contribution is 5.86. The monoisotopic (exact) mass is 246 g/mol. The Morgan fingerprint density at radius 2 is 1.89 bits per heavy atom. The van der Waals surface area contributed by atoms with Crippen LogP contribution in [0.1, 0.15) is 56.7 Å². The number of carbonyl (C=O) groups excluding carboxylic acids is 1. The normalized spacial score (nSPS) is 11.6. The summed E-state index contributed by atoms with van der Waals surface area (Å²) in [5.41, 5.74) is 3.48. The minimum Gasteiger partial charge on any atom is -0.299 e. The van der Waals surface area contributed by atoms with Gasteiger partial charge in [-0.15, -0.1) is 0 Å². The van der Waals surface area contributed by atoms with Crippen molar-refractivity contribution in [2.75, 3.05) is 0 Å². The van der Waals surface area contributed by atoms with Crippen LogP contribution in [0.15, 0.2) is 18.2 Å². The minimum absolute atomic E-state index is 0.187. The van der Waals surface area contributed by atoms with Crippen LogP contribution in [-0.4, -0.2) is 5.78 Å². The summed E-state index contributed by atoms with van der Waals surface area (Å²) in [5, 5.41) is 0. The van der Waals surface area contributed by atoms with Gasteiger partial charge in [0, 0.05) is 11.8 Å². The van der Waals surface area contributed by atoms with Crippen molar-refractivity contribution in [1.82, 2.24) is 0 Å². The number of hydrogen-bond acceptors (Lipinski definition) is 1. The molecular weight excluding hydrogens is 220 g/mol. The Kier molecular flexibility index (Phi) is 5.13. The molecule has 0 heterocycles. The van der Waals surface area contributed by atoms with Gasteiger partial charge < -0.3 is 0 Å². The Morgan fingerprint density at radius 3 is 2.44 bits per heavy atom. The fourth-order valence-corrected chi connectivity index (χ4v) is 2.21. The van der Waals surface area contributed by atoms with Gasteiger partial charge in [-0.1, -0.05) is 57.4 Å². The second-order valence-electron chi connectivity index (χ2n) is 6.02. The van der Waals surface area contributed by atoms with E-state index in [4.69, 9.17) is 0 Å². The predicted octanol–water partition coefficient (Wildman–Crippen LogP) is 4.63. The lowest BCUT2D eigenvalue weighted by Gasteiger charge is -2.23. The second-order valence-corrected chi connectivity index (χ2v) is 6.02. The summed E-state index contributed by atoms with van der Waals surface area (Å²) in [5.74, 6) is 0.364. The van der Waals surface area contributed by atoms with Crippen molar-refractivity contribution in [3.8, 4) is 0 Å². The van der Waals surface area contributed by atoms with E-state index in [1.165, 1.54) is 16.7 Å². The highest BCUT2D eigenvalue weighted by Crippen LogP contribution is 2.27. The first kappa shape index (κ1) is 14.9. The van der Waals surface area contributed by atoms with E-state index in [0.717, 1.165) is 19.3 Å². The highest BCUT2D eigenvalue weighted by Gasteiger charge is 2.26. The molecule has 1 nitrogen and oxygen atoms in total. The van der Waals surface area contributed by atoms with E-state index >= 15 is 0 Å². The first-order valence-corrected chi connectivity index (χ1v) is 6.96. The van der Waals surface area contributed by atoms with Gasteiger partial charge in [0.15, 0.2) is 0 Å². The standard InChI is InChI=1S/C17H26O/c1-6-7-10-17(4,5)16(18)12-15-9-8-13(2)11-14(15)3/h8-9,11H,6-7,10,12H2,1-5H3. The van der Waals surface area contributed by atoms with Crippen molar-refractivity contribution in [3.63, 3.8) is 0 Å². The van der Waals surface area contributed by atoms with Gasteiger partial charge in [-0.3, -0.25) is 4.79 Å². The smallest absolute Gasteiger partial charge is 0.142 e. The molecule has 0 aromatic heterocycles. The van der Waals surface area contributed by atoms with E-state index in [1.807, 2.05) is 0 Å². The van der Waals surface area contributed by atoms with Gasteiger partial charge in [0.05, 0.1) is 0 Å². The average molecular weight is 246 g/mol. The third-order valence-corrected chi connectivity index (χ3v) is 3.76. The molecule has 0 unspecified atom stereocenters. The fraction of sp³-hybridized carbons (Fsp3) is 0.588. The Balaban J connectivity index is 2.74. The zero-order chi connectivity index (χ0) is 13.8. The topological polar surface area (TPSA) is 17.1 Å². The molecule has 0 radical (unpaired) electrons. The van der Waals surface area contributed by atoms with Crippen LogP contribution in [0.25, 0.3) is 0 Å². The third kappa shape index (κ3) is 3.97. The number of aryl methyl sites for hydroxylation is 2. The van der Waals surface area contributed by atoms with E-state index in [1.54, 1.807) is 0 Å². The number of unbranched alkanes of at least 4 members (excludes halogenated alkanes) is 1. The maximum Gasteiger partial charge on any atom is 0.142 e. The molecule has 0 N–H and O–H groups in total. The Morgan fingerprint density at radius 1 is 1.22 bits per heavy atom. The van der Waals surface area contributed by atoms with Gasteiger partial charge in [-0.05, 0) is 31.4 Å². The Hall–Kier alpha value is -1.11. The van der Waals surface area contributed by atoms with Crippen molar-refractivity contribution in [3.05, 3.63) is 34.9 Å². The van der Waals surface area contributed by atoms with E-state index in [-0.39, 0.29) is 5.41 Å². The lowest BCUT2D eigenvalue weighted by molar-refractivity contribution is -0.126. The van der Waals surface area contributed by atoms with Crippen molar-refractivity contribution in [2.45, 2.75) is 60.3 Å². The van der Waals surface area contributed by atoms with Gasteiger partial charge in [0.25, 0.3) is 0 Å². The zero-order valence-electron chi connectivity index (χ0n) is 12.5. The summed E-state index contributed by atoms with van der Waals surface area (Å²) in [7, 11) is 0. The van der Waals surface area contributed by atoms with Crippen LogP contribution in [0, 0.1) is 19.3 Å². The minimum atomic E-state index is -0.187. The predicted molar refractivity (Wildman–Crippen MR) is 77.9 cm³/mol. The van der Waals surface area contributed by atoms with Crippen molar-refractivity contribution < 1.29 is 4.79 Å². The van der Waals surface area contributed by atoms with Crippen LogP contribution >= 0.6 is 0 Å². The SMILES string of the molecule is CCCCC(C)(C)C(=O)Cc1ccc(C)cc1C. The summed E-state index contributed by atoms with van der Waals surface area (Å²) >= 11 is 0. The molecule has 0 saturated heterocycles. The summed E-state index contributed by atoms with van der Waals surface area (Å²) in [4.78, 5) is 12.4. The number of hydrogen-bond donors (Lipinski definition) is 0. The maximum atomic E-state index is 12.4. The molecule has 1 rings (SSSR count). The van der Waals surface area contributed by atoms with Crippen LogP contribution in [0.2, 0.25) is 0 Å². The second kappa shape index (κ2) is 6.17. The molecule has 100 valence electrons. The van der Waals surface area contributed by atoms with E-state index in [2.05, 4.69) is 52.8 Å². The average Bonchev–Trinajstić information content (AvgIpc) is 2.30. The molecule has 18 heavy (non-hydrogen) atoms. The third-order valence-electron chi connectivity index (χ3n) is 3.76. The van der Waals surface area contributed by atoms with Crippen LogP contribution in [0.5, 0.6) is 0 Å². The van der Waals surface area contributed by atoms with Crippen molar-refractivity contribution in [1.29, 1.82) is 0 Å². The largest absolute Gasteiger partial charge is 0.299 e. The van der Waals surface area contributed by atoms with Crippen LogP contribution in [0.4, 0.5) is 0 Å². The lowest BCUT2D eigenvalue weighted by atomic mass is 9.80. The molecule has 1 aromatic rings. The van der Waals surface area contributed by atoms with E-state index < -0.39 is 0 Å². The Labute approximate surface area is 112 Å². The van der Waals surface area contributed by atoms with Crippen molar-refractivity contribution >= 4 is 5.78 Å². The van der Waals surface area contributed by atoms with Gasteiger partial charge >= 0.3 is 0 Å². The first-order chi connectivity index (χ1) is 8.36. The lowest BCUT2D eigenvalue weighted by Crippen LogP contribution is -2.26. The molecule has 0 aliphatic heterocycles. The molecule has 0 amide bonds. The van der Waals surface area contributed by atoms with E-state index in [9.17, 15) is 4.79 Å². The zero-order valence-corrected chi connectivity index (χ0v) is 12.5. The van der Waals surface area contributed by atoms with Crippen LogP contribution in [-0.2, 0) is 11.2 Å². The van der Waals surface area contributed by atoms with E-state index in [0.29, 0.717) is 12.2 Å². The number of carbonyl (C=O) groups is 1. The maximum absolute atomic E-state index is 12.4. The first-order valence-electron chi connectivity index (χ1n) is 6.96. The number of benzene rings is 1. The molecule has 0 aliphatic carbocycles. The van der Waals surface area contributed by atoms with Crippen molar-refractivity contribution in [2.24, 2.45) is 5.41 Å². The molecule has 0 spiro atoms. The molecular formula is C17H26O. The molecule has 1 heteroatoms. The quantitative estimate of drug-likeness (QED) is 0.715. The number of ketones is 1. The summed E-state index contributed by atoms with van der Waals surface area (Å²) in [6.07, 6.45) is 3.85. The van der Waals surface area contributed by atoms with Gasteiger partial charge in [0.1, 0.15) is 5.78 Å². The Bertz CT molecular complexity index is 416. The summed E-state index contributed by atoms with van der Waals surface area (Å²) < 4.78 is 0. The molecule has 0 aliphatic rings. The van der Waals surface area contributed by atoms with Gasteiger partial charge in [-0.25, -0.2) is 0 Å². The number of Topliss-reactive ketones (excluding diaryl/α,β-unsaturated/α-hetero) is 1. The molecule has 0 saturated carbocycles. The van der Waals surface area contributed by atoms with Crippen LogP contribution < -0.4 is 0 Å². The van der Waals surface area contributed by atoms with Gasteiger partial charge in [0.2, 0.25) is 0 Å². The molecule has 0 fully saturated rings.